The first-order valence-corrected chi connectivity index (χ1v) is 9.03. The summed E-state index contributed by atoms with van der Waals surface area (Å²) in [7, 11) is -3.92. The third-order valence-corrected chi connectivity index (χ3v) is 5.18. The lowest BCUT2D eigenvalue weighted by atomic mass is 10.2. The number of benzene rings is 1. The molecule has 2 N–H and O–H groups in total. The van der Waals surface area contributed by atoms with E-state index in [1.54, 1.807) is 0 Å². The van der Waals surface area contributed by atoms with E-state index in [9.17, 15) is 12.8 Å². The van der Waals surface area contributed by atoms with Crippen molar-refractivity contribution >= 4 is 31.6 Å². The Balaban J connectivity index is 3.35. The molecule has 120 valence electrons. The minimum absolute atomic E-state index is 0.0510. The SMILES string of the molecule is CC(C)CN(CC(C)C)S(=O)(=O)c1cc(N)cc(Br)c1F. The Morgan fingerprint density at radius 3 is 2.10 bits per heavy atom. The fourth-order valence-electron chi connectivity index (χ4n) is 2.00. The molecule has 0 spiro atoms. The number of nitrogen functional groups attached to an aromatic ring is 1. The maximum absolute atomic E-state index is 14.2. The van der Waals surface area contributed by atoms with Crippen LogP contribution in [0.3, 0.4) is 0 Å². The second-order valence-electron chi connectivity index (χ2n) is 5.92. The van der Waals surface area contributed by atoms with Gasteiger partial charge in [-0.3, -0.25) is 0 Å². The number of hydrogen-bond donors (Lipinski definition) is 1. The van der Waals surface area contributed by atoms with Gasteiger partial charge in [0.15, 0.2) is 5.82 Å². The molecule has 0 saturated heterocycles. The second-order valence-corrected chi connectivity index (χ2v) is 8.69. The van der Waals surface area contributed by atoms with Gasteiger partial charge in [-0.2, -0.15) is 4.31 Å². The van der Waals surface area contributed by atoms with Crippen LogP contribution in [-0.2, 0) is 10.0 Å². The molecule has 0 amide bonds. The first-order chi connectivity index (χ1) is 9.55. The third-order valence-electron chi connectivity index (χ3n) is 2.77. The van der Waals surface area contributed by atoms with Crippen LogP contribution in [-0.4, -0.2) is 25.8 Å². The molecule has 1 aromatic rings. The molecule has 0 radical (unpaired) electrons. The molecule has 0 aliphatic rings. The number of halogens is 2. The zero-order valence-electron chi connectivity index (χ0n) is 12.7. The van der Waals surface area contributed by atoms with Gasteiger partial charge in [0.2, 0.25) is 10.0 Å². The average molecular weight is 381 g/mol. The number of nitrogens with two attached hydrogens (primary N) is 1. The summed E-state index contributed by atoms with van der Waals surface area (Å²) >= 11 is 3.00. The Morgan fingerprint density at radius 2 is 1.67 bits per heavy atom. The molecule has 0 unspecified atom stereocenters. The summed E-state index contributed by atoms with van der Waals surface area (Å²) in [5.41, 5.74) is 5.85. The van der Waals surface area contributed by atoms with Gasteiger partial charge < -0.3 is 5.73 Å². The molecule has 0 aliphatic carbocycles. The van der Waals surface area contributed by atoms with Gasteiger partial charge in [0.05, 0.1) is 4.47 Å². The lowest BCUT2D eigenvalue weighted by molar-refractivity contribution is 0.332. The van der Waals surface area contributed by atoms with Crippen LogP contribution in [0.4, 0.5) is 10.1 Å². The van der Waals surface area contributed by atoms with Crippen molar-refractivity contribution in [2.24, 2.45) is 11.8 Å². The number of sulfonamides is 1. The van der Waals surface area contributed by atoms with E-state index >= 15 is 0 Å². The Bertz CT molecular complexity index is 593. The summed E-state index contributed by atoms with van der Waals surface area (Å²) in [6, 6.07) is 2.52. The van der Waals surface area contributed by atoms with Gasteiger partial charge in [0, 0.05) is 18.8 Å². The monoisotopic (exact) mass is 380 g/mol. The molecule has 0 aromatic heterocycles. The fourth-order valence-corrected chi connectivity index (χ4v) is 4.49. The van der Waals surface area contributed by atoms with E-state index < -0.39 is 15.8 Å². The van der Waals surface area contributed by atoms with Crippen LogP contribution in [0.25, 0.3) is 0 Å². The van der Waals surface area contributed by atoms with Gasteiger partial charge in [-0.25, -0.2) is 12.8 Å². The number of rotatable bonds is 6. The highest BCUT2D eigenvalue weighted by Gasteiger charge is 2.29. The number of hydrogen-bond acceptors (Lipinski definition) is 3. The van der Waals surface area contributed by atoms with Gasteiger partial charge in [-0.1, -0.05) is 27.7 Å². The van der Waals surface area contributed by atoms with Crippen LogP contribution >= 0.6 is 15.9 Å². The quantitative estimate of drug-likeness (QED) is 0.768. The van der Waals surface area contributed by atoms with Crippen molar-refractivity contribution < 1.29 is 12.8 Å². The van der Waals surface area contributed by atoms with Crippen LogP contribution in [0.2, 0.25) is 0 Å². The third kappa shape index (κ3) is 4.66. The molecular formula is C14H22BrFN2O2S. The molecule has 0 atom stereocenters. The fraction of sp³-hybridized carbons (Fsp3) is 0.571. The summed E-state index contributed by atoms with van der Waals surface area (Å²) in [5, 5.41) is 0. The minimum Gasteiger partial charge on any atom is -0.399 e. The number of anilines is 1. The highest BCUT2D eigenvalue weighted by molar-refractivity contribution is 9.10. The van der Waals surface area contributed by atoms with Crippen molar-refractivity contribution in [3.05, 3.63) is 22.4 Å². The molecule has 7 heteroatoms. The van der Waals surface area contributed by atoms with Crippen LogP contribution < -0.4 is 5.73 Å². The highest BCUT2D eigenvalue weighted by Crippen LogP contribution is 2.29. The topological polar surface area (TPSA) is 63.4 Å². The Kier molecular flexibility index (Phi) is 6.19. The maximum Gasteiger partial charge on any atom is 0.246 e. The summed E-state index contributed by atoms with van der Waals surface area (Å²) in [6.07, 6.45) is 0. The predicted octanol–water partition coefficient (Wildman–Crippen LogP) is 3.47. The van der Waals surface area contributed by atoms with Crippen LogP contribution in [0, 0.1) is 17.7 Å². The van der Waals surface area contributed by atoms with E-state index in [4.69, 9.17) is 5.73 Å². The minimum atomic E-state index is -3.92. The molecule has 4 nitrogen and oxygen atoms in total. The zero-order chi connectivity index (χ0) is 16.4. The standard InChI is InChI=1S/C14H22BrFN2O2S/c1-9(2)7-18(8-10(3)4)21(19,20)13-6-11(17)5-12(15)14(13)16/h5-6,9-10H,7-8,17H2,1-4H3. The van der Waals surface area contributed by atoms with Crippen molar-refractivity contribution in [2.45, 2.75) is 32.6 Å². The molecule has 1 aromatic carbocycles. The van der Waals surface area contributed by atoms with Gasteiger partial charge in [-0.05, 0) is 39.9 Å². The Hall–Kier alpha value is -0.660. The molecule has 1 rings (SSSR count). The van der Waals surface area contributed by atoms with Gasteiger partial charge >= 0.3 is 0 Å². The van der Waals surface area contributed by atoms with E-state index in [0.717, 1.165) is 0 Å². The molecule has 0 bridgehead atoms. The largest absolute Gasteiger partial charge is 0.399 e. The highest BCUT2D eigenvalue weighted by atomic mass is 79.9. The first-order valence-electron chi connectivity index (χ1n) is 6.80. The van der Waals surface area contributed by atoms with E-state index in [0.29, 0.717) is 13.1 Å². The summed E-state index contributed by atoms with van der Waals surface area (Å²) in [6.45, 7) is 8.38. The zero-order valence-corrected chi connectivity index (χ0v) is 15.1. The first kappa shape index (κ1) is 18.4. The predicted molar refractivity (Wildman–Crippen MR) is 86.9 cm³/mol. The van der Waals surface area contributed by atoms with E-state index in [2.05, 4.69) is 15.9 Å². The number of nitrogens with zero attached hydrogens (tertiary/aromatic N) is 1. The Labute approximate surface area is 134 Å². The van der Waals surface area contributed by atoms with Gasteiger partial charge in [-0.15, -0.1) is 0 Å². The van der Waals surface area contributed by atoms with E-state index in [-0.39, 0.29) is 26.9 Å². The van der Waals surface area contributed by atoms with Crippen molar-refractivity contribution in [3.63, 3.8) is 0 Å². The molecule has 0 fully saturated rings. The van der Waals surface area contributed by atoms with E-state index in [1.165, 1.54) is 16.4 Å². The van der Waals surface area contributed by atoms with Crippen molar-refractivity contribution in [1.29, 1.82) is 0 Å². The summed E-state index contributed by atoms with van der Waals surface area (Å²) in [5.74, 6) is -0.515. The average Bonchev–Trinajstić information content (AvgIpc) is 2.31. The van der Waals surface area contributed by atoms with Gasteiger partial charge in [0.25, 0.3) is 0 Å². The molecule has 0 aliphatic heterocycles. The second kappa shape index (κ2) is 7.07. The normalized spacial score (nSPS) is 12.6. The van der Waals surface area contributed by atoms with Crippen LogP contribution in [0.15, 0.2) is 21.5 Å². The van der Waals surface area contributed by atoms with Gasteiger partial charge in [0.1, 0.15) is 4.90 Å². The lowest BCUT2D eigenvalue weighted by Crippen LogP contribution is -2.37. The summed E-state index contributed by atoms with van der Waals surface area (Å²) in [4.78, 5) is -0.379. The van der Waals surface area contributed by atoms with Crippen LogP contribution in [0.5, 0.6) is 0 Å². The molecule has 0 heterocycles. The Morgan fingerprint density at radius 1 is 1.19 bits per heavy atom. The molecule has 21 heavy (non-hydrogen) atoms. The smallest absolute Gasteiger partial charge is 0.246 e. The van der Waals surface area contributed by atoms with Crippen LogP contribution in [0.1, 0.15) is 27.7 Å². The van der Waals surface area contributed by atoms with E-state index in [1.807, 2.05) is 27.7 Å². The van der Waals surface area contributed by atoms with Crippen molar-refractivity contribution in [2.75, 3.05) is 18.8 Å². The lowest BCUT2D eigenvalue weighted by Gasteiger charge is -2.26. The van der Waals surface area contributed by atoms with Crippen molar-refractivity contribution in [1.82, 2.24) is 4.31 Å². The summed E-state index contributed by atoms with van der Waals surface area (Å²) < 4.78 is 41.1. The maximum atomic E-state index is 14.2. The van der Waals surface area contributed by atoms with Crippen molar-refractivity contribution in [3.8, 4) is 0 Å². The molecule has 0 saturated carbocycles. The molecular weight excluding hydrogens is 359 g/mol.